The smallest absolute Gasteiger partial charge is 0.234 e. The van der Waals surface area contributed by atoms with Crippen molar-refractivity contribution in [1.82, 2.24) is 15.1 Å². The molecular formula is C18H26FN3O4S. The minimum atomic E-state index is -2.99. The van der Waals surface area contributed by atoms with E-state index in [1.165, 1.54) is 13.2 Å². The van der Waals surface area contributed by atoms with E-state index in [1.54, 1.807) is 6.07 Å². The van der Waals surface area contributed by atoms with Gasteiger partial charge >= 0.3 is 0 Å². The number of amides is 1. The molecule has 1 aromatic carbocycles. The molecule has 1 aromatic rings. The molecule has 1 N–H and O–H groups in total. The minimum absolute atomic E-state index is 0.0466. The maximum absolute atomic E-state index is 13.8. The van der Waals surface area contributed by atoms with Crippen molar-refractivity contribution in [1.29, 1.82) is 0 Å². The number of methoxy groups -OCH3 is 1. The minimum Gasteiger partial charge on any atom is -0.494 e. The zero-order valence-corrected chi connectivity index (χ0v) is 16.3. The fourth-order valence-corrected chi connectivity index (χ4v) is 5.23. The average Bonchev–Trinajstić information content (AvgIpc) is 2.95. The lowest BCUT2D eigenvalue weighted by molar-refractivity contribution is -0.123. The molecule has 7 nitrogen and oxygen atoms in total. The Morgan fingerprint density at radius 3 is 2.56 bits per heavy atom. The van der Waals surface area contributed by atoms with Crippen LogP contribution in [0, 0.1) is 5.82 Å². The Balaban J connectivity index is 1.41. The van der Waals surface area contributed by atoms with Gasteiger partial charge in [0.2, 0.25) is 5.91 Å². The van der Waals surface area contributed by atoms with Gasteiger partial charge in [0.25, 0.3) is 0 Å². The summed E-state index contributed by atoms with van der Waals surface area (Å²) in [7, 11) is -1.54. The highest BCUT2D eigenvalue weighted by atomic mass is 32.2. The van der Waals surface area contributed by atoms with Gasteiger partial charge in [0, 0.05) is 38.8 Å². The number of carbonyl (C=O) groups excluding carboxylic acids is 1. The number of benzene rings is 1. The van der Waals surface area contributed by atoms with Crippen LogP contribution in [0.1, 0.15) is 12.0 Å². The van der Waals surface area contributed by atoms with Crippen LogP contribution in [0.5, 0.6) is 5.75 Å². The van der Waals surface area contributed by atoms with Gasteiger partial charge < -0.3 is 10.1 Å². The van der Waals surface area contributed by atoms with Crippen molar-refractivity contribution in [3.63, 3.8) is 0 Å². The molecule has 0 unspecified atom stereocenters. The molecule has 2 aliphatic heterocycles. The molecule has 1 amide bonds. The molecule has 0 bridgehead atoms. The Bertz CT molecular complexity index is 779. The van der Waals surface area contributed by atoms with Gasteiger partial charge in [-0.15, -0.1) is 0 Å². The Kier molecular flexibility index (Phi) is 6.33. The maximum atomic E-state index is 13.8. The second-order valence-corrected chi connectivity index (χ2v) is 9.42. The van der Waals surface area contributed by atoms with E-state index < -0.39 is 9.84 Å². The number of rotatable bonds is 6. The highest BCUT2D eigenvalue weighted by Gasteiger charge is 2.29. The first-order chi connectivity index (χ1) is 12.8. The summed E-state index contributed by atoms with van der Waals surface area (Å²) in [6.07, 6.45) is 0.500. The first-order valence-corrected chi connectivity index (χ1v) is 10.9. The molecular weight excluding hydrogens is 373 g/mol. The van der Waals surface area contributed by atoms with Gasteiger partial charge in [0.15, 0.2) is 21.4 Å². The summed E-state index contributed by atoms with van der Waals surface area (Å²) in [6.45, 7) is 4.00. The summed E-state index contributed by atoms with van der Waals surface area (Å²) in [4.78, 5) is 16.4. The molecule has 2 fully saturated rings. The van der Waals surface area contributed by atoms with Crippen molar-refractivity contribution in [2.24, 2.45) is 0 Å². The molecule has 0 aliphatic carbocycles. The summed E-state index contributed by atoms with van der Waals surface area (Å²) in [5, 5.41) is 2.82. The van der Waals surface area contributed by atoms with Crippen LogP contribution in [-0.4, -0.2) is 81.5 Å². The van der Waals surface area contributed by atoms with Gasteiger partial charge in [-0.05, 0) is 24.1 Å². The Labute approximate surface area is 159 Å². The van der Waals surface area contributed by atoms with Crippen molar-refractivity contribution in [2.45, 2.75) is 19.0 Å². The number of halogens is 1. The summed E-state index contributed by atoms with van der Waals surface area (Å²) in [5.41, 5.74) is 0.891. The summed E-state index contributed by atoms with van der Waals surface area (Å²) >= 11 is 0. The average molecular weight is 399 g/mol. The van der Waals surface area contributed by atoms with E-state index in [2.05, 4.69) is 15.1 Å². The van der Waals surface area contributed by atoms with E-state index in [9.17, 15) is 17.6 Å². The third-order valence-electron chi connectivity index (χ3n) is 5.05. The zero-order valence-electron chi connectivity index (χ0n) is 15.5. The van der Waals surface area contributed by atoms with Crippen LogP contribution in [0.3, 0.4) is 0 Å². The Hall–Kier alpha value is -1.71. The van der Waals surface area contributed by atoms with Crippen LogP contribution >= 0.6 is 0 Å². The van der Waals surface area contributed by atoms with E-state index >= 15 is 0 Å². The van der Waals surface area contributed by atoms with Gasteiger partial charge in [-0.3, -0.25) is 14.6 Å². The van der Waals surface area contributed by atoms with Crippen molar-refractivity contribution < 1.29 is 22.3 Å². The third-order valence-corrected chi connectivity index (χ3v) is 6.82. The molecule has 0 aromatic heterocycles. The van der Waals surface area contributed by atoms with Crippen LogP contribution in [0.15, 0.2) is 18.2 Å². The zero-order chi connectivity index (χ0) is 19.4. The largest absolute Gasteiger partial charge is 0.494 e. The van der Waals surface area contributed by atoms with Crippen molar-refractivity contribution in [3.05, 3.63) is 29.6 Å². The molecule has 1 atom stereocenters. The van der Waals surface area contributed by atoms with Crippen LogP contribution in [0.4, 0.5) is 4.39 Å². The molecule has 9 heteroatoms. The lowest BCUT2D eigenvalue weighted by atomic mass is 10.2. The molecule has 0 spiro atoms. The monoisotopic (exact) mass is 399 g/mol. The fourth-order valence-electron chi connectivity index (χ4n) is 3.56. The Morgan fingerprint density at radius 1 is 1.26 bits per heavy atom. The lowest BCUT2D eigenvalue weighted by Gasteiger charge is -2.34. The number of ether oxygens (including phenoxy) is 1. The standard InChI is InChI=1S/C18H26FN3O4S/c1-26-17-3-2-14(10-16(17)19)11-21-5-7-22(8-6-21)12-18(23)20-15-4-9-27(24,25)13-15/h2-3,10,15H,4-9,11-13H2,1H3,(H,20,23)/t15-/m1/s1. The van der Waals surface area contributed by atoms with Crippen LogP contribution in [-0.2, 0) is 21.2 Å². The van der Waals surface area contributed by atoms with Gasteiger partial charge in [-0.2, -0.15) is 0 Å². The van der Waals surface area contributed by atoms with Crippen LogP contribution < -0.4 is 10.1 Å². The molecule has 0 saturated carbocycles. The van der Waals surface area contributed by atoms with E-state index in [1.807, 2.05) is 6.07 Å². The number of nitrogens with zero attached hydrogens (tertiary/aromatic N) is 2. The second kappa shape index (κ2) is 8.53. The summed E-state index contributed by atoms with van der Waals surface area (Å²) < 4.78 is 41.6. The topological polar surface area (TPSA) is 79.0 Å². The molecule has 0 radical (unpaired) electrons. The normalized spacial score (nSPS) is 23.3. The number of hydrogen-bond acceptors (Lipinski definition) is 6. The molecule has 2 saturated heterocycles. The van der Waals surface area contributed by atoms with Gasteiger partial charge in [-0.1, -0.05) is 6.07 Å². The number of piperazine rings is 1. The van der Waals surface area contributed by atoms with E-state index in [4.69, 9.17) is 4.74 Å². The van der Waals surface area contributed by atoms with Crippen molar-refractivity contribution in [3.8, 4) is 5.75 Å². The SMILES string of the molecule is COc1ccc(CN2CCN(CC(=O)N[C@@H]3CCS(=O)(=O)C3)CC2)cc1F. The molecule has 3 rings (SSSR count). The second-order valence-electron chi connectivity index (χ2n) is 7.19. The number of nitrogens with one attached hydrogen (secondary N) is 1. The number of carbonyl (C=O) groups is 1. The van der Waals surface area contributed by atoms with Gasteiger partial charge in [0.1, 0.15) is 0 Å². The summed E-state index contributed by atoms with van der Waals surface area (Å²) in [6, 6.07) is 4.73. The highest BCUT2D eigenvalue weighted by molar-refractivity contribution is 7.91. The first-order valence-electron chi connectivity index (χ1n) is 9.11. The lowest BCUT2D eigenvalue weighted by Crippen LogP contribution is -2.50. The predicted molar refractivity (Wildman–Crippen MR) is 99.9 cm³/mol. The summed E-state index contributed by atoms with van der Waals surface area (Å²) in [5.74, 6) is -0.0419. The molecule has 150 valence electrons. The molecule has 2 aliphatic rings. The Morgan fingerprint density at radius 2 is 1.96 bits per heavy atom. The maximum Gasteiger partial charge on any atom is 0.234 e. The van der Waals surface area contributed by atoms with E-state index in [0.717, 1.165) is 31.7 Å². The predicted octanol–water partition coefficient (Wildman–Crippen LogP) is 0.255. The number of hydrogen-bond donors (Lipinski definition) is 1. The molecule has 27 heavy (non-hydrogen) atoms. The van der Waals surface area contributed by atoms with E-state index in [-0.39, 0.29) is 41.6 Å². The van der Waals surface area contributed by atoms with Gasteiger partial charge in [0.05, 0.1) is 25.2 Å². The van der Waals surface area contributed by atoms with Gasteiger partial charge in [-0.25, -0.2) is 12.8 Å². The quantitative estimate of drug-likeness (QED) is 0.739. The van der Waals surface area contributed by atoms with Crippen molar-refractivity contribution >= 4 is 15.7 Å². The highest BCUT2D eigenvalue weighted by Crippen LogP contribution is 2.19. The third kappa shape index (κ3) is 5.63. The first kappa shape index (κ1) is 20.0. The van der Waals surface area contributed by atoms with E-state index in [0.29, 0.717) is 13.0 Å². The van der Waals surface area contributed by atoms with Crippen LogP contribution in [0.25, 0.3) is 0 Å². The van der Waals surface area contributed by atoms with Crippen molar-refractivity contribution in [2.75, 3.05) is 51.3 Å². The molecule has 2 heterocycles. The van der Waals surface area contributed by atoms with Crippen LogP contribution in [0.2, 0.25) is 0 Å². The fraction of sp³-hybridized carbons (Fsp3) is 0.611. The number of sulfone groups is 1.